The molecule has 1 fully saturated rings. The summed E-state index contributed by atoms with van der Waals surface area (Å²) in [6.07, 6.45) is 1.34. The Morgan fingerprint density at radius 2 is 2.04 bits per heavy atom. The van der Waals surface area contributed by atoms with E-state index in [1.165, 1.54) is 0 Å². The summed E-state index contributed by atoms with van der Waals surface area (Å²) in [6, 6.07) is 11.2. The standard InChI is InChI=1S/C20H26N4O2/c1-14(2)11-16-13-18(23(3)22-16)20(26)24-10-9-21-19(25)17(24)12-15-7-5-4-6-8-15/h4-8,13-14,17H,9-12H2,1-3H3,(H,21,25). The fraction of sp³-hybridized carbons (Fsp3) is 0.450. The van der Waals surface area contributed by atoms with Gasteiger partial charge in [0, 0.05) is 26.6 Å². The molecule has 1 N–H and O–H groups in total. The maximum Gasteiger partial charge on any atom is 0.272 e. The maximum absolute atomic E-state index is 13.2. The van der Waals surface area contributed by atoms with Gasteiger partial charge in [-0.1, -0.05) is 44.2 Å². The molecule has 1 aliphatic heterocycles. The molecule has 1 aromatic heterocycles. The number of aromatic nitrogens is 2. The molecule has 1 aromatic carbocycles. The highest BCUT2D eigenvalue weighted by Gasteiger charge is 2.34. The zero-order chi connectivity index (χ0) is 18.7. The molecule has 2 heterocycles. The lowest BCUT2D eigenvalue weighted by molar-refractivity contribution is -0.127. The molecule has 6 nitrogen and oxygen atoms in total. The van der Waals surface area contributed by atoms with Crippen LogP contribution in [0.1, 0.15) is 35.6 Å². The molecule has 0 saturated carbocycles. The Balaban J connectivity index is 1.84. The first-order chi connectivity index (χ1) is 12.5. The van der Waals surface area contributed by atoms with Gasteiger partial charge in [0.25, 0.3) is 5.91 Å². The zero-order valence-corrected chi connectivity index (χ0v) is 15.6. The van der Waals surface area contributed by atoms with Gasteiger partial charge in [0.05, 0.1) is 5.69 Å². The first-order valence-electron chi connectivity index (χ1n) is 9.11. The predicted octanol–water partition coefficient (Wildman–Crippen LogP) is 1.80. The minimum absolute atomic E-state index is 0.0991. The first kappa shape index (κ1) is 18.2. The SMILES string of the molecule is CC(C)Cc1cc(C(=O)N2CCNC(=O)C2Cc2ccccc2)n(C)n1. The number of rotatable bonds is 5. The maximum atomic E-state index is 13.2. The summed E-state index contributed by atoms with van der Waals surface area (Å²) in [7, 11) is 1.79. The van der Waals surface area contributed by atoms with Crippen LogP contribution < -0.4 is 5.32 Å². The smallest absolute Gasteiger partial charge is 0.272 e. The van der Waals surface area contributed by atoms with E-state index in [2.05, 4.69) is 24.3 Å². The quantitative estimate of drug-likeness (QED) is 0.890. The molecular weight excluding hydrogens is 328 g/mol. The lowest BCUT2D eigenvalue weighted by Gasteiger charge is -2.35. The summed E-state index contributed by atoms with van der Waals surface area (Å²) in [5.74, 6) is 0.239. The second-order valence-corrected chi connectivity index (χ2v) is 7.24. The summed E-state index contributed by atoms with van der Waals surface area (Å²) in [5, 5.41) is 7.34. The lowest BCUT2D eigenvalue weighted by Crippen LogP contribution is -2.58. The van der Waals surface area contributed by atoms with Crippen LogP contribution in [-0.2, 0) is 24.7 Å². The van der Waals surface area contributed by atoms with E-state index >= 15 is 0 Å². The van der Waals surface area contributed by atoms with Crippen molar-refractivity contribution < 1.29 is 9.59 Å². The number of carbonyl (C=O) groups is 2. The minimum Gasteiger partial charge on any atom is -0.353 e. The van der Waals surface area contributed by atoms with Gasteiger partial charge in [-0.3, -0.25) is 14.3 Å². The number of benzene rings is 1. The van der Waals surface area contributed by atoms with Gasteiger partial charge >= 0.3 is 0 Å². The third kappa shape index (κ3) is 3.95. The number of aryl methyl sites for hydroxylation is 1. The molecule has 0 spiro atoms. The van der Waals surface area contributed by atoms with Crippen LogP contribution in [0.4, 0.5) is 0 Å². The van der Waals surface area contributed by atoms with E-state index in [1.54, 1.807) is 16.6 Å². The highest BCUT2D eigenvalue weighted by molar-refractivity contribution is 5.97. The van der Waals surface area contributed by atoms with Crippen molar-refractivity contribution in [2.75, 3.05) is 13.1 Å². The van der Waals surface area contributed by atoms with Crippen LogP contribution in [0.3, 0.4) is 0 Å². The van der Waals surface area contributed by atoms with Gasteiger partial charge in [-0.2, -0.15) is 5.10 Å². The second kappa shape index (κ2) is 7.72. The van der Waals surface area contributed by atoms with Crippen LogP contribution in [0.5, 0.6) is 0 Å². The average molecular weight is 354 g/mol. The van der Waals surface area contributed by atoms with E-state index < -0.39 is 6.04 Å². The third-order valence-corrected chi connectivity index (χ3v) is 4.63. The van der Waals surface area contributed by atoms with Crippen molar-refractivity contribution in [1.82, 2.24) is 20.0 Å². The van der Waals surface area contributed by atoms with Crippen LogP contribution in [0.15, 0.2) is 36.4 Å². The molecule has 0 radical (unpaired) electrons. The molecule has 1 unspecified atom stereocenters. The fourth-order valence-corrected chi connectivity index (χ4v) is 3.39. The van der Waals surface area contributed by atoms with E-state index in [1.807, 2.05) is 36.4 Å². The van der Waals surface area contributed by atoms with Crippen LogP contribution >= 0.6 is 0 Å². The predicted molar refractivity (Wildman–Crippen MR) is 99.7 cm³/mol. The van der Waals surface area contributed by atoms with Crippen molar-refractivity contribution in [3.63, 3.8) is 0 Å². The van der Waals surface area contributed by atoms with E-state index in [4.69, 9.17) is 0 Å². The van der Waals surface area contributed by atoms with E-state index in [0.29, 0.717) is 31.1 Å². The summed E-state index contributed by atoms with van der Waals surface area (Å²) in [4.78, 5) is 27.3. The summed E-state index contributed by atoms with van der Waals surface area (Å²) >= 11 is 0. The van der Waals surface area contributed by atoms with E-state index in [9.17, 15) is 9.59 Å². The number of hydrogen-bond acceptors (Lipinski definition) is 3. The van der Waals surface area contributed by atoms with Gasteiger partial charge < -0.3 is 10.2 Å². The van der Waals surface area contributed by atoms with Crippen molar-refractivity contribution in [3.8, 4) is 0 Å². The van der Waals surface area contributed by atoms with Crippen molar-refractivity contribution in [3.05, 3.63) is 53.3 Å². The zero-order valence-electron chi connectivity index (χ0n) is 15.6. The Morgan fingerprint density at radius 3 is 2.73 bits per heavy atom. The highest BCUT2D eigenvalue weighted by atomic mass is 16.2. The van der Waals surface area contributed by atoms with Gasteiger partial charge in [0.1, 0.15) is 11.7 Å². The number of nitrogens with zero attached hydrogens (tertiary/aromatic N) is 3. The Bertz CT molecular complexity index is 782. The van der Waals surface area contributed by atoms with Crippen LogP contribution in [-0.4, -0.2) is 45.6 Å². The highest BCUT2D eigenvalue weighted by Crippen LogP contribution is 2.17. The van der Waals surface area contributed by atoms with Crippen molar-refractivity contribution >= 4 is 11.8 Å². The summed E-state index contributed by atoms with van der Waals surface area (Å²) in [6.45, 7) is 5.24. The van der Waals surface area contributed by atoms with Gasteiger partial charge in [-0.25, -0.2) is 0 Å². The molecule has 6 heteroatoms. The largest absolute Gasteiger partial charge is 0.353 e. The Kier molecular flexibility index (Phi) is 5.40. The van der Waals surface area contributed by atoms with Crippen LogP contribution in [0.25, 0.3) is 0 Å². The van der Waals surface area contributed by atoms with Crippen LogP contribution in [0, 0.1) is 5.92 Å². The molecule has 0 bridgehead atoms. The van der Waals surface area contributed by atoms with Crippen molar-refractivity contribution in [1.29, 1.82) is 0 Å². The number of amides is 2. The van der Waals surface area contributed by atoms with Crippen molar-refractivity contribution in [2.24, 2.45) is 13.0 Å². The van der Waals surface area contributed by atoms with Gasteiger partial charge in [0.2, 0.25) is 5.91 Å². The Hall–Kier alpha value is -2.63. The molecule has 0 aliphatic carbocycles. The van der Waals surface area contributed by atoms with E-state index in [0.717, 1.165) is 17.7 Å². The fourth-order valence-electron chi connectivity index (χ4n) is 3.39. The monoisotopic (exact) mass is 354 g/mol. The van der Waals surface area contributed by atoms with Gasteiger partial charge in [-0.15, -0.1) is 0 Å². The number of hydrogen-bond donors (Lipinski definition) is 1. The topological polar surface area (TPSA) is 67.2 Å². The average Bonchev–Trinajstić information content (AvgIpc) is 2.96. The number of carbonyl (C=O) groups excluding carboxylic acids is 2. The number of nitrogens with one attached hydrogen (secondary N) is 1. The molecule has 1 aliphatic rings. The van der Waals surface area contributed by atoms with Crippen molar-refractivity contribution in [2.45, 2.75) is 32.7 Å². The molecule has 2 aromatic rings. The molecular formula is C20H26N4O2. The summed E-state index contributed by atoms with van der Waals surface area (Å²) in [5.41, 5.74) is 2.48. The second-order valence-electron chi connectivity index (χ2n) is 7.24. The Morgan fingerprint density at radius 1 is 1.31 bits per heavy atom. The van der Waals surface area contributed by atoms with Gasteiger partial charge in [-0.05, 0) is 24.0 Å². The molecule has 1 saturated heterocycles. The molecule has 1 atom stereocenters. The third-order valence-electron chi connectivity index (χ3n) is 4.63. The molecule has 26 heavy (non-hydrogen) atoms. The van der Waals surface area contributed by atoms with Gasteiger partial charge in [0.15, 0.2) is 0 Å². The van der Waals surface area contributed by atoms with E-state index in [-0.39, 0.29) is 11.8 Å². The Labute approximate surface area is 154 Å². The molecule has 2 amide bonds. The minimum atomic E-state index is -0.498. The first-order valence-corrected chi connectivity index (χ1v) is 9.11. The summed E-state index contributed by atoms with van der Waals surface area (Å²) < 4.78 is 1.63. The molecule has 138 valence electrons. The lowest BCUT2D eigenvalue weighted by atomic mass is 10.0. The molecule has 3 rings (SSSR count). The number of piperazine rings is 1. The van der Waals surface area contributed by atoms with Crippen LogP contribution in [0.2, 0.25) is 0 Å². The normalized spacial score (nSPS) is 17.5.